The van der Waals surface area contributed by atoms with Gasteiger partial charge >= 0.3 is 0 Å². The first-order chi connectivity index (χ1) is 5.67. The Morgan fingerprint density at radius 2 is 2.33 bits per heavy atom. The summed E-state index contributed by atoms with van der Waals surface area (Å²) in [5, 5.41) is 1.73. The molecule has 12 heavy (non-hydrogen) atoms. The van der Waals surface area contributed by atoms with Gasteiger partial charge in [0.05, 0.1) is 0 Å². The molecule has 0 spiro atoms. The number of rotatable bonds is 4. The molecule has 0 atom stereocenters. The molecule has 67 valence electrons. The summed E-state index contributed by atoms with van der Waals surface area (Å²) < 4.78 is 25.4. The molecule has 1 rings (SSSR count). The largest absolute Gasteiger partial charge is 0.250 e. The Kier molecular flexibility index (Phi) is 3.25. The van der Waals surface area contributed by atoms with Crippen molar-refractivity contribution in [3.63, 3.8) is 0 Å². The number of thiophene rings is 1. The molecule has 0 aliphatic rings. The van der Waals surface area contributed by atoms with Crippen LogP contribution in [-0.4, -0.2) is 15.0 Å². The van der Waals surface area contributed by atoms with Gasteiger partial charge in [0, 0.05) is 6.54 Å². The van der Waals surface area contributed by atoms with Crippen LogP contribution in [0.15, 0.2) is 21.7 Å². The molecule has 1 aromatic rings. The third-order valence-corrected chi connectivity index (χ3v) is 4.09. The minimum atomic E-state index is -3.25. The van der Waals surface area contributed by atoms with Gasteiger partial charge in [0.2, 0.25) is 10.0 Å². The van der Waals surface area contributed by atoms with E-state index >= 15 is 0 Å². The van der Waals surface area contributed by atoms with E-state index in [0.717, 1.165) is 0 Å². The molecule has 0 saturated carbocycles. The maximum atomic E-state index is 11.3. The van der Waals surface area contributed by atoms with Crippen LogP contribution in [-0.2, 0) is 10.0 Å². The van der Waals surface area contributed by atoms with Gasteiger partial charge in [0.25, 0.3) is 0 Å². The van der Waals surface area contributed by atoms with E-state index in [-0.39, 0.29) is 0 Å². The molecule has 1 heterocycles. The second-order valence-corrected chi connectivity index (χ2v) is 5.12. The number of sulfonamides is 1. The van der Waals surface area contributed by atoms with Crippen LogP contribution in [0.1, 0.15) is 6.42 Å². The zero-order valence-corrected chi connectivity index (χ0v) is 8.12. The highest BCUT2D eigenvalue weighted by molar-refractivity contribution is 7.91. The molecule has 0 fully saturated rings. The summed E-state index contributed by atoms with van der Waals surface area (Å²) in [5.41, 5.74) is 0. The standard InChI is InChI=1S/C7H10NO2S2/c1-2-5-8-12(9,10)7-4-3-6-11-7/h3-4,6,8H,1-2,5H2. The van der Waals surface area contributed by atoms with Crippen LogP contribution >= 0.6 is 11.3 Å². The first-order valence-corrected chi connectivity index (χ1v) is 5.85. The van der Waals surface area contributed by atoms with Crippen molar-refractivity contribution in [3.05, 3.63) is 24.4 Å². The second-order valence-electron chi connectivity index (χ2n) is 2.18. The fraction of sp³-hybridized carbons (Fsp3) is 0.286. The van der Waals surface area contributed by atoms with Gasteiger partial charge in [-0.3, -0.25) is 0 Å². The Labute approximate surface area is 76.5 Å². The second kappa shape index (κ2) is 4.02. The lowest BCUT2D eigenvalue weighted by atomic mass is 10.5. The minimum Gasteiger partial charge on any atom is -0.210 e. The predicted octanol–water partition coefficient (Wildman–Crippen LogP) is 1.25. The summed E-state index contributed by atoms with van der Waals surface area (Å²) in [6.45, 7) is 3.94. The highest BCUT2D eigenvalue weighted by Crippen LogP contribution is 2.14. The monoisotopic (exact) mass is 204 g/mol. The van der Waals surface area contributed by atoms with Crippen LogP contribution < -0.4 is 4.72 Å². The molecule has 0 aromatic carbocycles. The lowest BCUT2D eigenvalue weighted by molar-refractivity contribution is 0.584. The third-order valence-electron chi connectivity index (χ3n) is 1.23. The van der Waals surface area contributed by atoms with E-state index in [1.165, 1.54) is 11.3 Å². The molecule has 1 aromatic heterocycles. The summed E-state index contributed by atoms with van der Waals surface area (Å²) in [5.74, 6) is 0. The molecule has 5 heteroatoms. The maximum absolute atomic E-state index is 11.3. The van der Waals surface area contributed by atoms with E-state index in [1.54, 1.807) is 17.5 Å². The molecular formula is C7H10NO2S2. The third kappa shape index (κ3) is 2.30. The zero-order chi connectivity index (χ0) is 9.03. The zero-order valence-electron chi connectivity index (χ0n) is 6.49. The summed E-state index contributed by atoms with van der Waals surface area (Å²) in [6, 6.07) is 3.29. The van der Waals surface area contributed by atoms with Gasteiger partial charge in [0.1, 0.15) is 4.21 Å². The van der Waals surface area contributed by atoms with E-state index in [0.29, 0.717) is 17.2 Å². The van der Waals surface area contributed by atoms with Crippen LogP contribution in [0.3, 0.4) is 0 Å². The van der Waals surface area contributed by atoms with Crippen LogP contribution in [0.25, 0.3) is 0 Å². The smallest absolute Gasteiger partial charge is 0.210 e. The fourth-order valence-corrected chi connectivity index (χ4v) is 2.81. The van der Waals surface area contributed by atoms with E-state index in [9.17, 15) is 8.42 Å². The summed E-state index contributed by atoms with van der Waals surface area (Å²) in [7, 11) is -3.25. The van der Waals surface area contributed by atoms with Gasteiger partial charge in [-0.2, -0.15) is 0 Å². The van der Waals surface area contributed by atoms with E-state index in [1.807, 2.05) is 0 Å². The average Bonchev–Trinajstić information content (AvgIpc) is 2.53. The van der Waals surface area contributed by atoms with E-state index < -0.39 is 10.0 Å². The first-order valence-electron chi connectivity index (χ1n) is 3.49. The maximum Gasteiger partial charge on any atom is 0.250 e. The quantitative estimate of drug-likeness (QED) is 0.802. The van der Waals surface area contributed by atoms with Crippen molar-refractivity contribution in [1.29, 1.82) is 0 Å². The first kappa shape index (κ1) is 9.70. The molecule has 0 amide bonds. The molecule has 0 unspecified atom stereocenters. The van der Waals surface area contributed by atoms with Crippen molar-refractivity contribution in [2.24, 2.45) is 0 Å². The molecule has 0 saturated heterocycles. The van der Waals surface area contributed by atoms with Crippen LogP contribution in [0, 0.1) is 6.92 Å². The van der Waals surface area contributed by atoms with Gasteiger partial charge in [0.15, 0.2) is 0 Å². The topological polar surface area (TPSA) is 46.2 Å². The molecular weight excluding hydrogens is 194 g/mol. The normalized spacial score (nSPS) is 11.8. The molecule has 0 aliphatic carbocycles. The minimum absolute atomic E-state index is 0.357. The van der Waals surface area contributed by atoms with Gasteiger partial charge in [-0.15, -0.1) is 11.3 Å². The molecule has 1 N–H and O–H groups in total. The number of hydrogen-bond donors (Lipinski definition) is 1. The van der Waals surface area contributed by atoms with E-state index in [2.05, 4.69) is 11.6 Å². The Morgan fingerprint density at radius 1 is 1.58 bits per heavy atom. The van der Waals surface area contributed by atoms with Crippen molar-refractivity contribution < 1.29 is 8.42 Å². The summed E-state index contributed by atoms with van der Waals surface area (Å²) in [4.78, 5) is 0. The molecule has 1 radical (unpaired) electrons. The van der Waals surface area contributed by atoms with Crippen molar-refractivity contribution in [2.75, 3.05) is 6.54 Å². The Morgan fingerprint density at radius 3 is 2.83 bits per heavy atom. The Balaban J connectivity index is 2.74. The van der Waals surface area contributed by atoms with Gasteiger partial charge in [-0.05, 0) is 17.9 Å². The highest BCUT2D eigenvalue weighted by Gasteiger charge is 2.12. The lowest BCUT2D eigenvalue weighted by Crippen LogP contribution is -2.23. The van der Waals surface area contributed by atoms with Gasteiger partial charge in [-0.1, -0.05) is 13.0 Å². The lowest BCUT2D eigenvalue weighted by Gasteiger charge is -2.00. The summed E-state index contributed by atoms with van der Waals surface area (Å²) >= 11 is 1.21. The van der Waals surface area contributed by atoms with Crippen LogP contribution in [0.4, 0.5) is 0 Å². The van der Waals surface area contributed by atoms with Crippen molar-refractivity contribution >= 4 is 21.4 Å². The number of hydrogen-bond acceptors (Lipinski definition) is 3. The Bertz CT molecular complexity index is 315. The summed E-state index contributed by atoms with van der Waals surface area (Å²) in [6.07, 6.45) is 0.560. The van der Waals surface area contributed by atoms with Crippen molar-refractivity contribution in [1.82, 2.24) is 4.72 Å². The average molecular weight is 204 g/mol. The molecule has 0 aliphatic heterocycles. The number of nitrogens with one attached hydrogen (secondary N) is 1. The highest BCUT2D eigenvalue weighted by atomic mass is 32.2. The Hall–Kier alpha value is -0.390. The van der Waals surface area contributed by atoms with Crippen molar-refractivity contribution in [2.45, 2.75) is 10.6 Å². The molecule has 0 bridgehead atoms. The van der Waals surface area contributed by atoms with Crippen LogP contribution in [0.2, 0.25) is 0 Å². The predicted molar refractivity (Wildman–Crippen MR) is 49.5 cm³/mol. The van der Waals surface area contributed by atoms with Crippen LogP contribution in [0.5, 0.6) is 0 Å². The SMILES string of the molecule is [CH2]CCNS(=O)(=O)c1cccs1. The van der Waals surface area contributed by atoms with Gasteiger partial charge in [-0.25, -0.2) is 13.1 Å². The van der Waals surface area contributed by atoms with E-state index in [4.69, 9.17) is 0 Å². The fourth-order valence-electron chi connectivity index (χ4n) is 0.694. The van der Waals surface area contributed by atoms with Gasteiger partial charge < -0.3 is 0 Å². The van der Waals surface area contributed by atoms with Crippen molar-refractivity contribution in [3.8, 4) is 0 Å². The molecule has 3 nitrogen and oxygen atoms in total.